The van der Waals surface area contributed by atoms with Crippen LogP contribution in [0.1, 0.15) is 24.2 Å². The van der Waals surface area contributed by atoms with Gasteiger partial charge in [-0.3, -0.25) is 14.2 Å². The molecule has 1 amide bonds. The molecule has 0 saturated heterocycles. The maximum absolute atomic E-state index is 13.2. The summed E-state index contributed by atoms with van der Waals surface area (Å²) in [6, 6.07) is 9.28. The number of para-hydroxylation sites is 1. The molecule has 6 nitrogen and oxygen atoms in total. The van der Waals surface area contributed by atoms with Crippen molar-refractivity contribution in [2.45, 2.75) is 24.0 Å². The van der Waals surface area contributed by atoms with Crippen molar-refractivity contribution < 1.29 is 4.79 Å². The van der Waals surface area contributed by atoms with E-state index in [0.29, 0.717) is 21.5 Å². The van der Waals surface area contributed by atoms with Crippen LogP contribution in [0.5, 0.6) is 0 Å². The van der Waals surface area contributed by atoms with E-state index in [1.165, 1.54) is 28.1 Å². The molecular formula is C17H18N4O2S2. The second-order valence-corrected chi connectivity index (χ2v) is 7.66. The van der Waals surface area contributed by atoms with Crippen molar-refractivity contribution in [2.24, 2.45) is 5.73 Å². The molecule has 3 aromatic rings. The number of nitrogens with zero attached hydrogens (tertiary/aromatic N) is 2. The fraction of sp³-hybridized carbons (Fsp3) is 0.235. The van der Waals surface area contributed by atoms with Gasteiger partial charge < -0.3 is 10.7 Å². The molecule has 1 aromatic carbocycles. The second kappa shape index (κ2) is 7.37. The van der Waals surface area contributed by atoms with Crippen LogP contribution in [0.25, 0.3) is 16.7 Å². The Bertz CT molecular complexity index is 980. The molecule has 2 aromatic heterocycles. The number of primary amides is 1. The van der Waals surface area contributed by atoms with Crippen molar-refractivity contribution in [3.05, 3.63) is 46.2 Å². The smallest absolute Gasteiger partial charge is 0.269 e. The maximum Gasteiger partial charge on any atom is 0.269 e. The van der Waals surface area contributed by atoms with Gasteiger partial charge in [-0.05, 0) is 23.6 Å². The molecule has 0 fully saturated rings. The molecule has 0 saturated carbocycles. The minimum absolute atomic E-state index is 0.220. The fourth-order valence-electron chi connectivity index (χ4n) is 2.62. The lowest BCUT2D eigenvalue weighted by Crippen LogP contribution is -2.24. The molecule has 2 heterocycles. The lowest BCUT2D eigenvalue weighted by atomic mass is 10.2. The van der Waals surface area contributed by atoms with Crippen LogP contribution < -0.4 is 11.3 Å². The zero-order valence-corrected chi connectivity index (χ0v) is 15.5. The lowest BCUT2D eigenvalue weighted by Gasteiger charge is -2.11. The molecule has 3 rings (SSSR count). The van der Waals surface area contributed by atoms with E-state index in [1.54, 1.807) is 0 Å². The highest BCUT2D eigenvalue weighted by Crippen LogP contribution is 2.29. The van der Waals surface area contributed by atoms with Crippen molar-refractivity contribution >= 4 is 40.5 Å². The molecule has 0 spiro atoms. The highest BCUT2D eigenvalue weighted by atomic mass is 32.2. The number of carbonyl (C=O) groups is 1. The van der Waals surface area contributed by atoms with Crippen molar-refractivity contribution in [3.63, 3.8) is 0 Å². The zero-order valence-electron chi connectivity index (χ0n) is 13.9. The maximum atomic E-state index is 13.2. The summed E-state index contributed by atoms with van der Waals surface area (Å²) in [5.74, 6) is 0.887. The molecule has 0 aliphatic rings. The Morgan fingerprint density at radius 1 is 1.20 bits per heavy atom. The summed E-state index contributed by atoms with van der Waals surface area (Å²) in [6.45, 7) is 3.97. The van der Waals surface area contributed by atoms with Gasteiger partial charge in [-0.1, -0.05) is 43.8 Å². The minimum atomic E-state index is -0.628. The summed E-state index contributed by atoms with van der Waals surface area (Å²) in [4.78, 5) is 32.9. The van der Waals surface area contributed by atoms with E-state index in [2.05, 4.69) is 9.97 Å². The Labute approximate surface area is 153 Å². The first-order chi connectivity index (χ1) is 12.1. The van der Waals surface area contributed by atoms with Gasteiger partial charge in [0, 0.05) is 0 Å². The third-order valence-electron chi connectivity index (χ3n) is 3.58. The molecule has 8 heteroatoms. The van der Waals surface area contributed by atoms with Crippen LogP contribution in [0.2, 0.25) is 0 Å². The number of rotatable bonds is 6. The van der Waals surface area contributed by atoms with Crippen LogP contribution in [0, 0.1) is 0 Å². The largest absolute Gasteiger partial charge is 0.365 e. The summed E-state index contributed by atoms with van der Waals surface area (Å²) in [5.41, 5.74) is 6.59. The number of benzene rings is 1. The Kier molecular flexibility index (Phi) is 5.19. The first-order valence-corrected chi connectivity index (χ1v) is 9.85. The van der Waals surface area contributed by atoms with Gasteiger partial charge in [0.2, 0.25) is 0 Å². The van der Waals surface area contributed by atoms with Gasteiger partial charge in [0.25, 0.3) is 11.5 Å². The molecule has 0 unspecified atom stereocenters. The van der Waals surface area contributed by atoms with E-state index in [1.807, 2.05) is 44.2 Å². The molecule has 3 N–H and O–H groups in total. The Morgan fingerprint density at radius 3 is 2.48 bits per heavy atom. The highest BCUT2D eigenvalue weighted by molar-refractivity contribution is 7.99. The predicted octanol–water partition coefficient (Wildman–Crippen LogP) is 3.04. The third kappa shape index (κ3) is 3.19. The van der Waals surface area contributed by atoms with Crippen molar-refractivity contribution in [1.82, 2.24) is 14.5 Å². The lowest BCUT2D eigenvalue weighted by molar-refractivity contribution is 0.0999. The number of aromatic nitrogens is 3. The molecule has 0 atom stereocenters. The Morgan fingerprint density at radius 2 is 1.88 bits per heavy atom. The fourth-order valence-corrected chi connectivity index (χ4v) is 4.16. The summed E-state index contributed by atoms with van der Waals surface area (Å²) in [6.07, 6.45) is 0. The molecule has 0 aliphatic heterocycles. The summed E-state index contributed by atoms with van der Waals surface area (Å²) < 4.78 is 1.54. The SMILES string of the molecule is CCSc1[nH]c2nc(SCC)n(-c3ccccc3)c(=O)c2c1C(N)=O. The zero-order chi connectivity index (χ0) is 18.0. The van der Waals surface area contributed by atoms with E-state index in [4.69, 9.17) is 5.73 Å². The second-order valence-electron chi connectivity index (χ2n) is 5.15. The van der Waals surface area contributed by atoms with E-state index < -0.39 is 5.91 Å². The van der Waals surface area contributed by atoms with Crippen LogP contribution in [-0.2, 0) is 0 Å². The topological polar surface area (TPSA) is 93.8 Å². The quantitative estimate of drug-likeness (QED) is 0.511. The Balaban J connectivity index is 2.40. The van der Waals surface area contributed by atoms with Crippen LogP contribution in [0.4, 0.5) is 0 Å². The summed E-state index contributed by atoms with van der Waals surface area (Å²) in [5, 5.41) is 1.41. The number of carbonyl (C=O) groups excluding carboxylic acids is 1. The van der Waals surface area contributed by atoms with Gasteiger partial charge in [0.05, 0.1) is 21.7 Å². The van der Waals surface area contributed by atoms with E-state index in [0.717, 1.165) is 11.5 Å². The highest BCUT2D eigenvalue weighted by Gasteiger charge is 2.23. The number of nitrogens with one attached hydrogen (secondary N) is 1. The van der Waals surface area contributed by atoms with Gasteiger partial charge in [0.15, 0.2) is 5.16 Å². The number of hydrogen-bond donors (Lipinski definition) is 2. The third-order valence-corrected chi connectivity index (χ3v) is 5.29. The monoisotopic (exact) mass is 374 g/mol. The van der Waals surface area contributed by atoms with Gasteiger partial charge in [-0.25, -0.2) is 4.98 Å². The predicted molar refractivity (Wildman–Crippen MR) is 103 cm³/mol. The molecule has 130 valence electrons. The van der Waals surface area contributed by atoms with Gasteiger partial charge in [-0.2, -0.15) is 0 Å². The Hall–Kier alpha value is -2.19. The van der Waals surface area contributed by atoms with Gasteiger partial charge in [-0.15, -0.1) is 11.8 Å². The average molecular weight is 374 g/mol. The number of fused-ring (bicyclic) bond motifs is 1. The van der Waals surface area contributed by atoms with Crippen LogP contribution >= 0.6 is 23.5 Å². The van der Waals surface area contributed by atoms with Crippen molar-refractivity contribution in [2.75, 3.05) is 11.5 Å². The van der Waals surface area contributed by atoms with E-state index in [-0.39, 0.29) is 16.5 Å². The minimum Gasteiger partial charge on any atom is -0.365 e. The van der Waals surface area contributed by atoms with Crippen LogP contribution in [0.3, 0.4) is 0 Å². The van der Waals surface area contributed by atoms with Crippen molar-refractivity contribution in [1.29, 1.82) is 0 Å². The molecular weight excluding hydrogens is 356 g/mol. The van der Waals surface area contributed by atoms with Gasteiger partial charge >= 0.3 is 0 Å². The average Bonchev–Trinajstić information content (AvgIpc) is 2.95. The van der Waals surface area contributed by atoms with Crippen molar-refractivity contribution in [3.8, 4) is 5.69 Å². The first kappa shape index (κ1) is 17.6. The standard InChI is InChI=1S/C17H18N4O2S2/c1-3-24-15-11(13(18)22)12-14(19-15)20-17(25-4-2)21(16(12)23)10-8-6-5-7-9-10/h5-9,19H,3-4H2,1-2H3,(H2,18,22). The number of amides is 1. The number of hydrogen-bond acceptors (Lipinski definition) is 5. The van der Waals surface area contributed by atoms with E-state index >= 15 is 0 Å². The number of aromatic amines is 1. The number of H-pyrrole nitrogens is 1. The first-order valence-electron chi connectivity index (χ1n) is 7.88. The molecule has 0 bridgehead atoms. The van der Waals surface area contributed by atoms with Crippen LogP contribution in [0.15, 0.2) is 45.3 Å². The molecule has 25 heavy (non-hydrogen) atoms. The van der Waals surface area contributed by atoms with E-state index in [9.17, 15) is 9.59 Å². The normalized spacial score (nSPS) is 11.1. The number of nitrogens with two attached hydrogens (primary N) is 1. The summed E-state index contributed by atoms with van der Waals surface area (Å²) in [7, 11) is 0. The summed E-state index contributed by atoms with van der Waals surface area (Å²) >= 11 is 2.91. The molecule has 0 radical (unpaired) electrons. The van der Waals surface area contributed by atoms with Crippen LogP contribution in [-0.4, -0.2) is 31.9 Å². The van der Waals surface area contributed by atoms with Gasteiger partial charge in [0.1, 0.15) is 5.65 Å². The number of thioether (sulfide) groups is 2. The molecule has 0 aliphatic carbocycles.